The summed E-state index contributed by atoms with van der Waals surface area (Å²) >= 11 is 5.36. The van der Waals surface area contributed by atoms with Crippen molar-refractivity contribution in [1.29, 1.82) is 0 Å². The summed E-state index contributed by atoms with van der Waals surface area (Å²) in [5, 5.41) is 6.86. The van der Waals surface area contributed by atoms with Gasteiger partial charge in [-0.05, 0) is 50.2 Å². The van der Waals surface area contributed by atoms with Gasteiger partial charge in [0, 0.05) is 24.4 Å². The van der Waals surface area contributed by atoms with E-state index in [1.807, 2.05) is 30.0 Å². The first-order valence-corrected chi connectivity index (χ1v) is 9.75. The highest BCUT2D eigenvalue weighted by atomic mass is 32.1. The Morgan fingerprint density at radius 2 is 1.85 bits per heavy atom. The van der Waals surface area contributed by atoms with E-state index in [1.54, 1.807) is 14.2 Å². The molecular weight excluding hydrogens is 362 g/mol. The quantitative estimate of drug-likeness (QED) is 0.772. The van der Waals surface area contributed by atoms with Crippen molar-refractivity contribution in [2.75, 3.05) is 27.3 Å². The molecule has 7 heteroatoms. The van der Waals surface area contributed by atoms with Crippen molar-refractivity contribution in [3.05, 3.63) is 35.0 Å². The molecule has 2 heterocycles. The molecular formula is C20H27N3O3S. The molecule has 6 nitrogen and oxygen atoms in total. The van der Waals surface area contributed by atoms with Crippen LogP contribution in [0.3, 0.4) is 0 Å². The van der Waals surface area contributed by atoms with Crippen LogP contribution in [0, 0.1) is 0 Å². The van der Waals surface area contributed by atoms with Gasteiger partial charge in [-0.2, -0.15) is 0 Å². The monoisotopic (exact) mass is 389 g/mol. The molecule has 1 atom stereocenters. The smallest absolute Gasteiger partial charge is 0.253 e. The molecule has 27 heavy (non-hydrogen) atoms. The number of thiocarbonyl (C=S) groups is 1. The molecule has 0 bridgehead atoms. The maximum Gasteiger partial charge on any atom is 0.253 e. The van der Waals surface area contributed by atoms with E-state index in [1.165, 1.54) is 12.8 Å². The molecule has 2 N–H and O–H groups in total. The number of allylic oxidation sites excluding steroid dienone is 1. The number of rotatable bonds is 4. The van der Waals surface area contributed by atoms with Gasteiger partial charge in [0.15, 0.2) is 5.11 Å². The molecule has 0 spiro atoms. The zero-order chi connectivity index (χ0) is 19.4. The Kier molecular flexibility index (Phi) is 6.21. The van der Waals surface area contributed by atoms with Gasteiger partial charge in [-0.1, -0.05) is 12.8 Å². The molecule has 1 aromatic rings. The Bertz CT molecular complexity index is 755. The predicted molar refractivity (Wildman–Crippen MR) is 109 cm³/mol. The van der Waals surface area contributed by atoms with Crippen LogP contribution in [0.4, 0.5) is 0 Å². The average Bonchev–Trinajstić information content (AvgIpc) is 2.96. The van der Waals surface area contributed by atoms with Gasteiger partial charge in [-0.3, -0.25) is 4.79 Å². The number of ether oxygens (including phenoxy) is 2. The summed E-state index contributed by atoms with van der Waals surface area (Å²) in [6.45, 7) is 3.49. The highest BCUT2D eigenvalue weighted by molar-refractivity contribution is 7.80. The molecule has 0 aliphatic carbocycles. The third-order valence-corrected chi connectivity index (χ3v) is 5.36. The zero-order valence-corrected chi connectivity index (χ0v) is 16.9. The highest BCUT2D eigenvalue weighted by Gasteiger charge is 2.34. The Hall–Kier alpha value is -2.28. The van der Waals surface area contributed by atoms with Crippen molar-refractivity contribution < 1.29 is 14.3 Å². The van der Waals surface area contributed by atoms with Crippen LogP contribution in [0.5, 0.6) is 11.5 Å². The third kappa shape index (κ3) is 4.18. The summed E-state index contributed by atoms with van der Waals surface area (Å²) in [5.74, 6) is 1.44. The molecule has 146 valence electrons. The minimum absolute atomic E-state index is 0.0479. The van der Waals surface area contributed by atoms with Crippen molar-refractivity contribution >= 4 is 23.2 Å². The van der Waals surface area contributed by atoms with Gasteiger partial charge in [-0.25, -0.2) is 0 Å². The fourth-order valence-electron chi connectivity index (χ4n) is 3.72. The lowest BCUT2D eigenvalue weighted by atomic mass is 9.93. The fraction of sp³-hybridized carbons (Fsp3) is 0.500. The number of likely N-dealkylation sites (tertiary alicyclic amines) is 1. The van der Waals surface area contributed by atoms with Crippen molar-refractivity contribution in [3.8, 4) is 11.5 Å². The summed E-state index contributed by atoms with van der Waals surface area (Å²) in [5.41, 5.74) is 2.29. The van der Waals surface area contributed by atoms with Crippen LogP contribution < -0.4 is 20.1 Å². The van der Waals surface area contributed by atoms with Gasteiger partial charge in [0.1, 0.15) is 11.5 Å². The number of carbonyl (C=O) groups excluding carboxylic acids is 1. The molecule has 1 fully saturated rings. The summed E-state index contributed by atoms with van der Waals surface area (Å²) in [6, 6.07) is 5.20. The Morgan fingerprint density at radius 3 is 2.48 bits per heavy atom. The van der Waals surface area contributed by atoms with E-state index in [-0.39, 0.29) is 11.9 Å². The Labute approximate surface area is 165 Å². The molecule has 2 aliphatic rings. The minimum atomic E-state index is -0.389. The zero-order valence-electron chi connectivity index (χ0n) is 16.1. The summed E-state index contributed by atoms with van der Waals surface area (Å²) in [7, 11) is 3.24. The Balaban J connectivity index is 2.03. The van der Waals surface area contributed by atoms with Gasteiger partial charge in [-0.15, -0.1) is 0 Å². The third-order valence-electron chi connectivity index (χ3n) is 5.14. The van der Waals surface area contributed by atoms with Crippen LogP contribution in [0.2, 0.25) is 0 Å². The topological polar surface area (TPSA) is 62.8 Å². The van der Waals surface area contributed by atoms with Crippen LogP contribution in [0.25, 0.3) is 0 Å². The first kappa shape index (κ1) is 19.5. The Morgan fingerprint density at radius 1 is 1.15 bits per heavy atom. The largest absolute Gasteiger partial charge is 0.497 e. The number of amides is 1. The van der Waals surface area contributed by atoms with Gasteiger partial charge in [0.2, 0.25) is 0 Å². The van der Waals surface area contributed by atoms with Gasteiger partial charge >= 0.3 is 0 Å². The minimum Gasteiger partial charge on any atom is -0.497 e. The summed E-state index contributed by atoms with van der Waals surface area (Å²) < 4.78 is 10.9. The maximum atomic E-state index is 13.4. The number of hydrogen-bond acceptors (Lipinski definition) is 4. The second kappa shape index (κ2) is 8.61. The van der Waals surface area contributed by atoms with Crippen LogP contribution >= 0.6 is 12.2 Å². The maximum absolute atomic E-state index is 13.4. The SMILES string of the molecule is COc1ccc(OC)c(C2NC(=S)NC(C)=C2C(=O)N2CCCCCC2)c1. The van der Waals surface area contributed by atoms with Crippen molar-refractivity contribution in [2.24, 2.45) is 0 Å². The van der Waals surface area contributed by atoms with Crippen LogP contribution in [-0.4, -0.2) is 43.2 Å². The molecule has 1 unspecified atom stereocenters. The van der Waals surface area contributed by atoms with E-state index < -0.39 is 0 Å². The van der Waals surface area contributed by atoms with E-state index in [0.717, 1.165) is 37.2 Å². The van der Waals surface area contributed by atoms with Crippen LogP contribution in [0.1, 0.15) is 44.2 Å². The van der Waals surface area contributed by atoms with Crippen LogP contribution in [0.15, 0.2) is 29.5 Å². The molecule has 2 aliphatic heterocycles. The normalized spacial score (nSPS) is 20.5. The molecule has 1 saturated heterocycles. The predicted octanol–water partition coefficient (Wildman–Crippen LogP) is 2.90. The number of methoxy groups -OCH3 is 2. The lowest BCUT2D eigenvalue weighted by Crippen LogP contribution is -2.47. The van der Waals surface area contributed by atoms with Crippen molar-refractivity contribution in [3.63, 3.8) is 0 Å². The van der Waals surface area contributed by atoms with E-state index in [2.05, 4.69) is 10.6 Å². The van der Waals surface area contributed by atoms with Crippen LogP contribution in [-0.2, 0) is 4.79 Å². The van der Waals surface area contributed by atoms with E-state index in [4.69, 9.17) is 21.7 Å². The second-order valence-electron chi connectivity index (χ2n) is 6.88. The lowest BCUT2D eigenvalue weighted by molar-refractivity contribution is -0.127. The molecule has 0 radical (unpaired) electrons. The molecule has 1 aromatic carbocycles. The van der Waals surface area contributed by atoms with Gasteiger partial charge < -0.3 is 25.0 Å². The number of nitrogens with zero attached hydrogens (tertiary/aromatic N) is 1. The standard InChI is InChI=1S/C20H27N3O3S/c1-13-17(19(24)23-10-6-4-5-7-11-23)18(22-20(27)21-13)15-12-14(25-2)8-9-16(15)26-3/h8-9,12,18H,4-7,10-11H2,1-3H3,(H2,21,22,27). The molecule has 1 amide bonds. The van der Waals surface area contributed by atoms with E-state index >= 15 is 0 Å². The van der Waals surface area contributed by atoms with E-state index in [0.29, 0.717) is 22.2 Å². The molecule has 3 rings (SSSR count). The summed E-state index contributed by atoms with van der Waals surface area (Å²) in [4.78, 5) is 15.4. The summed E-state index contributed by atoms with van der Waals surface area (Å²) in [6.07, 6.45) is 4.44. The lowest BCUT2D eigenvalue weighted by Gasteiger charge is -2.34. The van der Waals surface area contributed by atoms with Crippen molar-refractivity contribution in [1.82, 2.24) is 15.5 Å². The number of hydrogen-bond donors (Lipinski definition) is 2. The number of benzene rings is 1. The number of carbonyl (C=O) groups is 1. The second-order valence-corrected chi connectivity index (χ2v) is 7.29. The first-order chi connectivity index (χ1) is 13.0. The number of nitrogens with one attached hydrogen (secondary N) is 2. The molecule has 0 saturated carbocycles. The van der Waals surface area contributed by atoms with Gasteiger partial charge in [0.25, 0.3) is 5.91 Å². The van der Waals surface area contributed by atoms with Gasteiger partial charge in [0.05, 0.1) is 25.8 Å². The van der Waals surface area contributed by atoms with Crippen molar-refractivity contribution in [2.45, 2.75) is 38.6 Å². The fourth-order valence-corrected chi connectivity index (χ4v) is 3.99. The van der Waals surface area contributed by atoms with E-state index in [9.17, 15) is 4.79 Å². The molecule has 0 aromatic heterocycles. The first-order valence-electron chi connectivity index (χ1n) is 9.34. The highest BCUT2D eigenvalue weighted by Crippen LogP contribution is 2.36. The average molecular weight is 390 g/mol.